The standard InChI is InChI=1S/C49H41NO/c1-47(2)40-28-31(50(30-16-8-7-9-17-30)32-24-26-34-33-18-13-15-23-41(33)51-42(34)29-32)25-27-38(40)44-45(47)36-20-11-10-19-35(36)43-37-21-12-14-22-39(37)48(3,4)49(5,6)46(43)44/h7-29H,1-6H3. The van der Waals surface area contributed by atoms with Crippen molar-refractivity contribution in [3.63, 3.8) is 0 Å². The van der Waals surface area contributed by atoms with E-state index < -0.39 is 0 Å². The predicted molar refractivity (Wildman–Crippen MR) is 215 cm³/mol. The van der Waals surface area contributed by atoms with Gasteiger partial charge in [-0.25, -0.2) is 0 Å². The van der Waals surface area contributed by atoms with E-state index in [9.17, 15) is 0 Å². The molecule has 0 spiro atoms. The maximum Gasteiger partial charge on any atom is 0.137 e. The molecule has 2 aliphatic rings. The van der Waals surface area contributed by atoms with Crippen molar-refractivity contribution in [1.29, 1.82) is 0 Å². The van der Waals surface area contributed by atoms with Gasteiger partial charge in [0.25, 0.3) is 0 Å². The Labute approximate surface area is 300 Å². The minimum Gasteiger partial charge on any atom is -0.456 e. The zero-order chi connectivity index (χ0) is 34.9. The molecular weight excluding hydrogens is 619 g/mol. The number of hydrogen-bond acceptors (Lipinski definition) is 2. The number of para-hydroxylation sites is 2. The van der Waals surface area contributed by atoms with Gasteiger partial charge < -0.3 is 9.32 Å². The summed E-state index contributed by atoms with van der Waals surface area (Å²) in [7, 11) is 0. The number of fused-ring (bicyclic) bond motifs is 13. The minimum absolute atomic E-state index is 0.0704. The first-order chi connectivity index (χ1) is 24.6. The number of anilines is 3. The minimum atomic E-state index is -0.225. The highest BCUT2D eigenvalue weighted by molar-refractivity contribution is 6.10. The lowest BCUT2D eigenvalue weighted by atomic mass is 9.53. The van der Waals surface area contributed by atoms with Crippen LogP contribution in [0.2, 0.25) is 0 Å². The molecule has 2 aliphatic carbocycles. The summed E-state index contributed by atoms with van der Waals surface area (Å²) in [5.74, 6) is 0. The molecule has 2 nitrogen and oxygen atoms in total. The first-order valence-electron chi connectivity index (χ1n) is 18.2. The number of benzene rings is 7. The van der Waals surface area contributed by atoms with Crippen LogP contribution in [-0.2, 0) is 16.2 Å². The fraction of sp³-hybridized carbons (Fsp3) is 0.184. The highest BCUT2D eigenvalue weighted by Crippen LogP contribution is 2.63. The lowest BCUT2D eigenvalue weighted by Gasteiger charge is -2.50. The molecule has 1 heterocycles. The molecule has 0 aliphatic heterocycles. The van der Waals surface area contributed by atoms with E-state index in [0.29, 0.717) is 0 Å². The lowest BCUT2D eigenvalue weighted by molar-refractivity contribution is 0.300. The predicted octanol–water partition coefficient (Wildman–Crippen LogP) is 13.8. The molecular formula is C49H41NO. The summed E-state index contributed by atoms with van der Waals surface area (Å²) in [6.07, 6.45) is 0. The molecule has 2 heteroatoms. The Kier molecular flexibility index (Phi) is 6.07. The van der Waals surface area contributed by atoms with E-state index in [1.807, 2.05) is 12.1 Å². The Morgan fingerprint density at radius 3 is 1.82 bits per heavy atom. The van der Waals surface area contributed by atoms with E-state index in [1.165, 1.54) is 55.3 Å². The molecule has 0 atom stereocenters. The van der Waals surface area contributed by atoms with Crippen molar-refractivity contribution < 1.29 is 4.42 Å². The third-order valence-electron chi connectivity index (χ3n) is 12.7. The van der Waals surface area contributed by atoms with Crippen molar-refractivity contribution in [2.75, 3.05) is 4.90 Å². The van der Waals surface area contributed by atoms with Crippen LogP contribution in [0, 0.1) is 0 Å². The molecule has 0 amide bonds. The second-order valence-electron chi connectivity index (χ2n) is 16.1. The van der Waals surface area contributed by atoms with Gasteiger partial charge in [-0.1, -0.05) is 133 Å². The van der Waals surface area contributed by atoms with Crippen LogP contribution in [0.15, 0.2) is 144 Å². The monoisotopic (exact) mass is 659 g/mol. The number of furan rings is 1. The average molecular weight is 660 g/mol. The quantitative estimate of drug-likeness (QED) is 0.188. The summed E-state index contributed by atoms with van der Waals surface area (Å²) in [6, 6.07) is 51.1. The summed E-state index contributed by atoms with van der Waals surface area (Å²) in [4.78, 5) is 2.38. The van der Waals surface area contributed by atoms with E-state index in [-0.39, 0.29) is 16.2 Å². The van der Waals surface area contributed by atoms with E-state index in [4.69, 9.17) is 4.42 Å². The third kappa shape index (κ3) is 3.94. The lowest BCUT2D eigenvalue weighted by Crippen LogP contribution is -2.44. The van der Waals surface area contributed by atoms with Gasteiger partial charge in [0.2, 0.25) is 0 Å². The highest BCUT2D eigenvalue weighted by Gasteiger charge is 2.51. The Bertz CT molecular complexity index is 2720. The summed E-state index contributed by atoms with van der Waals surface area (Å²) in [6.45, 7) is 14.7. The van der Waals surface area contributed by atoms with Gasteiger partial charge in [0.1, 0.15) is 11.2 Å². The fourth-order valence-electron chi connectivity index (χ4n) is 9.58. The Morgan fingerprint density at radius 1 is 0.412 bits per heavy atom. The van der Waals surface area contributed by atoms with Crippen LogP contribution in [0.4, 0.5) is 17.1 Å². The van der Waals surface area contributed by atoms with E-state index >= 15 is 0 Å². The van der Waals surface area contributed by atoms with Crippen LogP contribution in [0.5, 0.6) is 0 Å². The van der Waals surface area contributed by atoms with Crippen LogP contribution >= 0.6 is 0 Å². The summed E-state index contributed by atoms with van der Waals surface area (Å²) in [5.41, 5.74) is 16.0. The summed E-state index contributed by atoms with van der Waals surface area (Å²) < 4.78 is 6.39. The first kappa shape index (κ1) is 30.2. The second kappa shape index (κ2) is 10.2. The zero-order valence-corrected chi connectivity index (χ0v) is 30.1. The molecule has 0 saturated heterocycles. The van der Waals surface area contributed by atoms with Crippen molar-refractivity contribution in [3.05, 3.63) is 162 Å². The van der Waals surface area contributed by atoms with Crippen molar-refractivity contribution in [2.24, 2.45) is 0 Å². The van der Waals surface area contributed by atoms with E-state index in [2.05, 4.69) is 174 Å². The number of hydrogen-bond donors (Lipinski definition) is 0. The van der Waals surface area contributed by atoms with Crippen molar-refractivity contribution in [1.82, 2.24) is 0 Å². The molecule has 1 aromatic heterocycles. The van der Waals surface area contributed by atoms with Gasteiger partial charge in [0.15, 0.2) is 0 Å². The molecule has 0 saturated carbocycles. The SMILES string of the molecule is CC1(C)c2cc(N(c3ccccc3)c3ccc4c(c3)oc3ccccc34)ccc2-c2c3c(c4ccccc4c21)-c1ccccc1C(C)(C)C3(C)C. The molecule has 0 N–H and O–H groups in total. The number of nitrogens with zero attached hydrogens (tertiary/aromatic N) is 1. The molecule has 10 rings (SSSR count). The van der Waals surface area contributed by atoms with Gasteiger partial charge in [-0.3, -0.25) is 0 Å². The van der Waals surface area contributed by atoms with E-state index in [0.717, 1.165) is 39.0 Å². The molecule has 7 aromatic carbocycles. The summed E-state index contributed by atoms with van der Waals surface area (Å²) >= 11 is 0. The Morgan fingerprint density at radius 2 is 1.02 bits per heavy atom. The molecule has 248 valence electrons. The van der Waals surface area contributed by atoms with Gasteiger partial charge in [-0.2, -0.15) is 0 Å². The van der Waals surface area contributed by atoms with Crippen molar-refractivity contribution in [2.45, 2.75) is 57.8 Å². The van der Waals surface area contributed by atoms with Crippen LogP contribution in [0.1, 0.15) is 63.8 Å². The normalized spacial score (nSPS) is 16.1. The highest BCUT2D eigenvalue weighted by atomic mass is 16.3. The average Bonchev–Trinajstić information content (AvgIpc) is 3.62. The van der Waals surface area contributed by atoms with Gasteiger partial charge in [0, 0.05) is 44.7 Å². The topological polar surface area (TPSA) is 16.4 Å². The molecule has 0 radical (unpaired) electrons. The van der Waals surface area contributed by atoms with Gasteiger partial charge in [0.05, 0.1) is 0 Å². The maximum atomic E-state index is 6.39. The Hall–Kier alpha value is -5.60. The third-order valence-corrected chi connectivity index (χ3v) is 12.7. The molecule has 0 fully saturated rings. The molecule has 8 aromatic rings. The first-order valence-corrected chi connectivity index (χ1v) is 18.2. The van der Waals surface area contributed by atoms with Gasteiger partial charge in [-0.15, -0.1) is 0 Å². The van der Waals surface area contributed by atoms with Crippen LogP contribution in [0.25, 0.3) is 55.0 Å². The van der Waals surface area contributed by atoms with Gasteiger partial charge in [-0.05, 0) is 103 Å². The van der Waals surface area contributed by atoms with Crippen molar-refractivity contribution in [3.8, 4) is 22.3 Å². The van der Waals surface area contributed by atoms with Crippen molar-refractivity contribution >= 4 is 49.8 Å². The Balaban J connectivity index is 1.24. The molecule has 0 bridgehead atoms. The van der Waals surface area contributed by atoms with E-state index in [1.54, 1.807) is 0 Å². The molecule has 0 unspecified atom stereocenters. The van der Waals surface area contributed by atoms with Gasteiger partial charge >= 0.3 is 0 Å². The second-order valence-corrected chi connectivity index (χ2v) is 16.1. The number of rotatable bonds is 3. The largest absolute Gasteiger partial charge is 0.456 e. The smallest absolute Gasteiger partial charge is 0.137 e. The summed E-state index contributed by atoms with van der Waals surface area (Å²) in [5, 5.41) is 4.99. The molecule has 51 heavy (non-hydrogen) atoms. The van der Waals surface area contributed by atoms with Crippen LogP contribution < -0.4 is 4.90 Å². The maximum absolute atomic E-state index is 6.39. The fourth-order valence-corrected chi connectivity index (χ4v) is 9.58. The van der Waals surface area contributed by atoms with Crippen LogP contribution in [0.3, 0.4) is 0 Å². The zero-order valence-electron chi connectivity index (χ0n) is 30.1. The van der Waals surface area contributed by atoms with Crippen LogP contribution in [-0.4, -0.2) is 0 Å².